The Morgan fingerprint density at radius 2 is 1.69 bits per heavy atom. The molecule has 32 heavy (non-hydrogen) atoms. The lowest BCUT2D eigenvalue weighted by Crippen LogP contribution is -2.58. The molecule has 2 aliphatic heterocycles. The Kier molecular flexibility index (Phi) is 8.37. The van der Waals surface area contributed by atoms with Gasteiger partial charge in [0.1, 0.15) is 12.2 Å². The summed E-state index contributed by atoms with van der Waals surface area (Å²) in [6, 6.07) is 9.60. The molecule has 1 aromatic rings. The van der Waals surface area contributed by atoms with E-state index < -0.39 is 5.60 Å². The summed E-state index contributed by atoms with van der Waals surface area (Å²) < 4.78 is 10.9. The van der Waals surface area contributed by atoms with Crippen molar-refractivity contribution < 1.29 is 24.2 Å². The molecule has 178 valence electrons. The topological polar surface area (TPSA) is 82.6 Å². The number of ether oxygens (including phenoxy) is 2. The van der Waals surface area contributed by atoms with Crippen LogP contribution in [0.2, 0.25) is 0 Å². The molecule has 8 nitrogen and oxygen atoms in total. The number of aliphatic hydroxyl groups is 1. The van der Waals surface area contributed by atoms with Crippen molar-refractivity contribution in [3.63, 3.8) is 0 Å². The number of carbonyl (C=O) groups excluding carboxylic acids is 2. The second-order valence-electron chi connectivity index (χ2n) is 9.73. The standard InChI is InChI=1S/C24H37N3O5/c1-24(2,3)32-23(30)27-14-13-26(21(16-27)17-28)15-19-9-11-25(12-10-19)22(29)31-18-20-7-5-4-6-8-20/h4-8,19,21,28H,9-18H2,1-3H3/t21-/m0/s1. The third-order valence-corrected chi connectivity index (χ3v) is 6.04. The van der Waals surface area contributed by atoms with Crippen molar-refractivity contribution >= 4 is 12.2 Å². The number of rotatable bonds is 5. The zero-order valence-electron chi connectivity index (χ0n) is 19.5. The van der Waals surface area contributed by atoms with Gasteiger partial charge in [0.25, 0.3) is 0 Å². The highest BCUT2D eigenvalue weighted by Crippen LogP contribution is 2.22. The minimum Gasteiger partial charge on any atom is -0.445 e. The summed E-state index contributed by atoms with van der Waals surface area (Å²) in [6.07, 6.45) is 1.24. The van der Waals surface area contributed by atoms with E-state index in [-0.39, 0.29) is 24.8 Å². The third-order valence-electron chi connectivity index (χ3n) is 6.04. The molecule has 8 heteroatoms. The number of hydrogen-bond acceptors (Lipinski definition) is 6. The van der Waals surface area contributed by atoms with E-state index in [0.29, 0.717) is 45.2 Å². The molecule has 3 rings (SSSR count). The number of carbonyl (C=O) groups is 2. The summed E-state index contributed by atoms with van der Waals surface area (Å²) in [5, 5.41) is 9.90. The van der Waals surface area contributed by atoms with E-state index in [1.54, 1.807) is 9.80 Å². The van der Waals surface area contributed by atoms with Gasteiger partial charge >= 0.3 is 12.2 Å². The fourth-order valence-corrected chi connectivity index (χ4v) is 4.24. The fraction of sp³-hybridized carbons (Fsp3) is 0.667. The Labute approximate surface area is 191 Å². The molecule has 1 aromatic carbocycles. The summed E-state index contributed by atoms with van der Waals surface area (Å²) in [6.45, 7) is 9.86. The number of benzene rings is 1. The lowest BCUT2D eigenvalue weighted by molar-refractivity contribution is -0.00982. The lowest BCUT2D eigenvalue weighted by atomic mass is 9.95. The molecule has 0 aromatic heterocycles. The van der Waals surface area contributed by atoms with Gasteiger partial charge in [-0.05, 0) is 45.1 Å². The summed E-state index contributed by atoms with van der Waals surface area (Å²) in [4.78, 5) is 30.5. The lowest BCUT2D eigenvalue weighted by Gasteiger charge is -2.43. The molecule has 0 bridgehead atoms. The van der Waals surface area contributed by atoms with Gasteiger partial charge in [-0.25, -0.2) is 9.59 Å². The Bertz CT molecular complexity index is 744. The number of aliphatic hydroxyl groups excluding tert-OH is 1. The van der Waals surface area contributed by atoms with E-state index in [2.05, 4.69) is 4.90 Å². The zero-order chi connectivity index (χ0) is 23.1. The molecular weight excluding hydrogens is 410 g/mol. The predicted molar refractivity (Wildman–Crippen MR) is 121 cm³/mol. The van der Waals surface area contributed by atoms with Crippen LogP contribution in [0.1, 0.15) is 39.2 Å². The van der Waals surface area contributed by atoms with E-state index in [1.807, 2.05) is 51.1 Å². The first kappa shape index (κ1) is 24.3. The Morgan fingerprint density at radius 3 is 2.31 bits per heavy atom. The van der Waals surface area contributed by atoms with Crippen LogP contribution in [0, 0.1) is 5.92 Å². The highest BCUT2D eigenvalue weighted by Gasteiger charge is 2.33. The van der Waals surface area contributed by atoms with Gasteiger partial charge in [0.05, 0.1) is 12.6 Å². The molecular formula is C24H37N3O5. The van der Waals surface area contributed by atoms with E-state index >= 15 is 0 Å². The first-order valence-electron chi connectivity index (χ1n) is 11.5. The van der Waals surface area contributed by atoms with Crippen molar-refractivity contribution in [1.82, 2.24) is 14.7 Å². The maximum absolute atomic E-state index is 12.4. The fourth-order valence-electron chi connectivity index (χ4n) is 4.24. The van der Waals surface area contributed by atoms with Gasteiger partial charge < -0.3 is 24.4 Å². The summed E-state index contributed by atoms with van der Waals surface area (Å²) >= 11 is 0. The van der Waals surface area contributed by atoms with Gasteiger partial charge in [-0.3, -0.25) is 4.90 Å². The largest absolute Gasteiger partial charge is 0.445 e. The number of amides is 2. The molecule has 2 aliphatic rings. The van der Waals surface area contributed by atoms with Crippen molar-refractivity contribution in [2.45, 2.75) is 51.9 Å². The highest BCUT2D eigenvalue weighted by molar-refractivity contribution is 5.68. The summed E-state index contributed by atoms with van der Waals surface area (Å²) in [7, 11) is 0. The Balaban J connectivity index is 1.41. The van der Waals surface area contributed by atoms with Crippen molar-refractivity contribution in [2.24, 2.45) is 5.92 Å². The highest BCUT2D eigenvalue weighted by atomic mass is 16.6. The smallest absolute Gasteiger partial charge is 0.410 e. The van der Waals surface area contributed by atoms with Crippen LogP contribution in [0.25, 0.3) is 0 Å². The van der Waals surface area contributed by atoms with Gasteiger partial charge in [0.15, 0.2) is 0 Å². The second kappa shape index (κ2) is 11.0. The van der Waals surface area contributed by atoms with Crippen LogP contribution in [0.3, 0.4) is 0 Å². The third kappa shape index (κ3) is 7.10. The molecule has 2 fully saturated rings. The second-order valence-corrected chi connectivity index (χ2v) is 9.73. The van der Waals surface area contributed by atoms with Gasteiger partial charge in [0.2, 0.25) is 0 Å². The number of hydrogen-bond donors (Lipinski definition) is 1. The van der Waals surface area contributed by atoms with Crippen LogP contribution >= 0.6 is 0 Å². The average Bonchev–Trinajstić information content (AvgIpc) is 2.77. The van der Waals surface area contributed by atoms with E-state index in [1.165, 1.54) is 0 Å². The van der Waals surface area contributed by atoms with Crippen molar-refractivity contribution in [1.29, 1.82) is 0 Å². The Morgan fingerprint density at radius 1 is 1.00 bits per heavy atom. The van der Waals surface area contributed by atoms with Crippen LogP contribution < -0.4 is 0 Å². The van der Waals surface area contributed by atoms with Gasteiger partial charge in [0, 0.05) is 39.3 Å². The Hall–Kier alpha value is -2.32. The number of piperidine rings is 1. The van der Waals surface area contributed by atoms with Crippen molar-refractivity contribution in [3.8, 4) is 0 Å². The normalized spacial score (nSPS) is 20.8. The van der Waals surface area contributed by atoms with E-state index in [4.69, 9.17) is 9.47 Å². The van der Waals surface area contributed by atoms with E-state index in [0.717, 1.165) is 24.9 Å². The van der Waals surface area contributed by atoms with Gasteiger partial charge in [-0.15, -0.1) is 0 Å². The molecule has 0 unspecified atom stereocenters. The molecule has 1 atom stereocenters. The van der Waals surface area contributed by atoms with E-state index in [9.17, 15) is 14.7 Å². The molecule has 1 N–H and O–H groups in total. The zero-order valence-corrected chi connectivity index (χ0v) is 19.5. The molecule has 2 saturated heterocycles. The summed E-state index contributed by atoms with van der Waals surface area (Å²) in [5.74, 6) is 0.454. The van der Waals surface area contributed by atoms with Gasteiger partial charge in [-0.1, -0.05) is 30.3 Å². The quantitative estimate of drug-likeness (QED) is 0.747. The minimum absolute atomic E-state index is 0.00392. The first-order valence-corrected chi connectivity index (χ1v) is 11.5. The van der Waals surface area contributed by atoms with Gasteiger partial charge in [-0.2, -0.15) is 0 Å². The maximum atomic E-state index is 12.4. The van der Waals surface area contributed by atoms with Crippen LogP contribution in [0.4, 0.5) is 9.59 Å². The molecule has 0 aliphatic carbocycles. The maximum Gasteiger partial charge on any atom is 0.410 e. The first-order chi connectivity index (χ1) is 15.2. The molecule has 2 heterocycles. The molecule has 2 amide bonds. The average molecular weight is 448 g/mol. The molecule has 0 spiro atoms. The van der Waals surface area contributed by atoms with Crippen LogP contribution in [-0.4, -0.2) is 89.5 Å². The van der Waals surface area contributed by atoms with Crippen LogP contribution in [-0.2, 0) is 16.1 Å². The number of likely N-dealkylation sites (tertiary alicyclic amines) is 1. The predicted octanol–water partition coefficient (Wildman–Crippen LogP) is 2.95. The van der Waals surface area contributed by atoms with Crippen LogP contribution in [0.5, 0.6) is 0 Å². The minimum atomic E-state index is -0.529. The number of nitrogens with zero attached hydrogens (tertiary/aromatic N) is 3. The molecule has 0 saturated carbocycles. The van der Waals surface area contributed by atoms with Crippen molar-refractivity contribution in [3.05, 3.63) is 35.9 Å². The summed E-state index contributed by atoms with van der Waals surface area (Å²) in [5.41, 5.74) is 0.454. The van der Waals surface area contributed by atoms with Crippen molar-refractivity contribution in [2.75, 3.05) is 45.9 Å². The monoisotopic (exact) mass is 447 g/mol. The van der Waals surface area contributed by atoms with Crippen LogP contribution in [0.15, 0.2) is 30.3 Å². The number of piperazine rings is 1. The molecule has 0 radical (unpaired) electrons. The SMILES string of the molecule is CC(C)(C)OC(=O)N1CCN(CC2CCN(C(=O)OCc3ccccc3)CC2)[C@H](CO)C1.